The number of hydrogen-bond donors (Lipinski definition) is 0. The van der Waals surface area contributed by atoms with Gasteiger partial charge in [0.05, 0.1) is 31.9 Å². The van der Waals surface area contributed by atoms with E-state index in [-0.39, 0.29) is 38.1 Å². The van der Waals surface area contributed by atoms with E-state index in [0.717, 1.165) is 6.20 Å². The van der Waals surface area contributed by atoms with Crippen molar-refractivity contribution in [2.45, 2.75) is 29.8 Å². The van der Waals surface area contributed by atoms with Crippen molar-refractivity contribution in [3.05, 3.63) is 29.8 Å². The summed E-state index contributed by atoms with van der Waals surface area (Å²) in [7, 11) is -1.95. The summed E-state index contributed by atoms with van der Waals surface area (Å²) in [6, 6.07) is 2.75. The van der Waals surface area contributed by atoms with Crippen LogP contribution in [0.2, 0.25) is 0 Å². The minimum absolute atomic E-state index is 0.0495. The number of amides is 1. The third-order valence-electron chi connectivity index (χ3n) is 5.53. The van der Waals surface area contributed by atoms with Crippen LogP contribution in [0.5, 0.6) is 0 Å². The van der Waals surface area contributed by atoms with Crippen LogP contribution in [0.3, 0.4) is 0 Å². The van der Waals surface area contributed by atoms with E-state index in [1.54, 1.807) is 4.90 Å². The molecule has 1 spiro atoms. The number of ether oxygens (including phenoxy) is 2. The van der Waals surface area contributed by atoms with Gasteiger partial charge in [-0.2, -0.15) is 4.31 Å². The maximum absolute atomic E-state index is 13.0. The summed E-state index contributed by atoms with van der Waals surface area (Å²) in [5, 5.41) is -0.631. The van der Waals surface area contributed by atoms with Crippen molar-refractivity contribution < 1.29 is 27.1 Å². The minimum atomic E-state index is -3.48. The monoisotopic (exact) mass is 399 g/mol. The van der Waals surface area contributed by atoms with Crippen LogP contribution in [-0.2, 0) is 30.7 Å². The van der Waals surface area contributed by atoms with Gasteiger partial charge in [0, 0.05) is 32.4 Å². The molecule has 1 unspecified atom stereocenters. The summed E-state index contributed by atoms with van der Waals surface area (Å²) in [6.07, 6.45) is 1.24. The smallest absolute Gasteiger partial charge is 0.228 e. The van der Waals surface area contributed by atoms with Crippen LogP contribution in [0.15, 0.2) is 18.3 Å². The number of fused-ring (bicyclic) bond motifs is 1. The second kappa shape index (κ2) is 6.77. The van der Waals surface area contributed by atoms with Crippen LogP contribution in [0.25, 0.3) is 0 Å². The SMILES string of the molecule is COCCN1CC23CN(C(=O)Cc4ccc(F)cn4)C[C@@H](C[C@@H]2S1(=O)=O)O3. The number of nitrogens with zero attached hydrogens (tertiary/aromatic N) is 3. The van der Waals surface area contributed by atoms with Gasteiger partial charge in [-0.25, -0.2) is 12.8 Å². The zero-order chi connectivity index (χ0) is 19.2. The molecule has 3 saturated heterocycles. The van der Waals surface area contributed by atoms with Crippen molar-refractivity contribution >= 4 is 15.9 Å². The van der Waals surface area contributed by atoms with E-state index in [4.69, 9.17) is 9.47 Å². The average molecular weight is 399 g/mol. The maximum atomic E-state index is 13.0. The first kappa shape index (κ1) is 18.7. The molecule has 0 saturated carbocycles. The minimum Gasteiger partial charge on any atom is -0.383 e. The molecule has 3 fully saturated rings. The van der Waals surface area contributed by atoms with E-state index in [1.165, 1.54) is 23.5 Å². The third kappa shape index (κ3) is 3.24. The first-order valence-corrected chi connectivity index (χ1v) is 10.4. The molecule has 3 atom stereocenters. The van der Waals surface area contributed by atoms with Gasteiger partial charge in [0.25, 0.3) is 0 Å². The Bertz CT molecular complexity index is 833. The number of methoxy groups -OCH3 is 1. The molecule has 2 bridgehead atoms. The number of morpholine rings is 1. The molecule has 4 rings (SSSR count). The van der Waals surface area contributed by atoms with Gasteiger partial charge in [-0.1, -0.05) is 0 Å². The predicted octanol–water partition coefficient (Wildman–Crippen LogP) is -0.206. The Kier molecular flexibility index (Phi) is 4.69. The maximum Gasteiger partial charge on any atom is 0.228 e. The predicted molar refractivity (Wildman–Crippen MR) is 92.9 cm³/mol. The average Bonchev–Trinajstić information content (AvgIpc) is 3.00. The van der Waals surface area contributed by atoms with Crippen LogP contribution in [0, 0.1) is 5.82 Å². The normalized spacial score (nSPS) is 31.9. The fourth-order valence-electron chi connectivity index (χ4n) is 4.31. The molecule has 3 aliphatic rings. The van der Waals surface area contributed by atoms with Gasteiger partial charge in [-0.05, 0) is 18.6 Å². The Balaban J connectivity index is 1.50. The Morgan fingerprint density at radius 1 is 1.44 bits per heavy atom. The Morgan fingerprint density at radius 3 is 2.96 bits per heavy atom. The van der Waals surface area contributed by atoms with Gasteiger partial charge >= 0.3 is 0 Å². The summed E-state index contributed by atoms with van der Waals surface area (Å²) in [5.41, 5.74) is -0.406. The zero-order valence-electron chi connectivity index (χ0n) is 15.0. The summed E-state index contributed by atoms with van der Waals surface area (Å²) < 4.78 is 51.2. The molecule has 10 heteroatoms. The summed E-state index contributed by atoms with van der Waals surface area (Å²) >= 11 is 0. The van der Waals surface area contributed by atoms with Gasteiger partial charge in [0.1, 0.15) is 16.7 Å². The first-order valence-electron chi connectivity index (χ1n) is 8.88. The van der Waals surface area contributed by atoms with Gasteiger partial charge in [0.2, 0.25) is 15.9 Å². The summed E-state index contributed by atoms with van der Waals surface area (Å²) in [4.78, 5) is 18.3. The molecule has 8 nitrogen and oxygen atoms in total. The number of halogens is 1. The second-order valence-electron chi connectivity index (χ2n) is 7.32. The van der Waals surface area contributed by atoms with Crippen LogP contribution in [0.1, 0.15) is 12.1 Å². The molecule has 3 aliphatic heterocycles. The van der Waals surface area contributed by atoms with Crippen molar-refractivity contribution in [3.63, 3.8) is 0 Å². The molecule has 0 aliphatic carbocycles. The molecular formula is C17H22FN3O5S. The van der Waals surface area contributed by atoms with Crippen molar-refractivity contribution in [1.29, 1.82) is 0 Å². The number of hydrogen-bond acceptors (Lipinski definition) is 6. The lowest BCUT2D eigenvalue weighted by Crippen LogP contribution is -2.56. The number of sulfonamides is 1. The fraction of sp³-hybridized carbons (Fsp3) is 0.647. The molecule has 1 amide bonds. The van der Waals surface area contributed by atoms with E-state index in [1.807, 2.05) is 0 Å². The second-order valence-corrected chi connectivity index (χ2v) is 9.43. The van der Waals surface area contributed by atoms with Crippen molar-refractivity contribution in [2.75, 3.05) is 39.9 Å². The van der Waals surface area contributed by atoms with Gasteiger partial charge in [-0.15, -0.1) is 0 Å². The molecule has 27 heavy (non-hydrogen) atoms. The highest BCUT2D eigenvalue weighted by atomic mass is 32.2. The number of carbonyl (C=O) groups excluding carboxylic acids is 1. The highest BCUT2D eigenvalue weighted by Gasteiger charge is 2.65. The van der Waals surface area contributed by atoms with Crippen LogP contribution >= 0.6 is 0 Å². The topological polar surface area (TPSA) is 89.0 Å². The van der Waals surface area contributed by atoms with E-state index < -0.39 is 26.7 Å². The van der Waals surface area contributed by atoms with Gasteiger partial charge in [0.15, 0.2) is 0 Å². The number of rotatable bonds is 5. The van der Waals surface area contributed by atoms with E-state index in [9.17, 15) is 17.6 Å². The fourth-order valence-corrected chi connectivity index (χ4v) is 6.60. The summed E-state index contributed by atoms with van der Waals surface area (Å²) in [6.45, 7) is 1.42. The summed E-state index contributed by atoms with van der Waals surface area (Å²) in [5.74, 6) is -0.611. The molecule has 0 aromatic carbocycles. The van der Waals surface area contributed by atoms with Gasteiger partial charge in [-0.3, -0.25) is 9.78 Å². The highest BCUT2D eigenvalue weighted by Crippen LogP contribution is 2.46. The molecule has 0 N–H and O–H groups in total. The van der Waals surface area contributed by atoms with E-state index in [2.05, 4.69) is 4.98 Å². The Labute approximate surface area is 157 Å². The molecule has 148 valence electrons. The molecule has 0 radical (unpaired) electrons. The third-order valence-corrected chi connectivity index (χ3v) is 7.90. The molecule has 1 aromatic rings. The van der Waals surface area contributed by atoms with Crippen LogP contribution in [-0.4, -0.2) is 85.4 Å². The van der Waals surface area contributed by atoms with Gasteiger partial charge < -0.3 is 14.4 Å². The van der Waals surface area contributed by atoms with Crippen molar-refractivity contribution in [2.24, 2.45) is 0 Å². The number of carbonyl (C=O) groups is 1. The molecule has 4 heterocycles. The lowest BCUT2D eigenvalue weighted by Gasteiger charge is -2.39. The number of likely N-dealkylation sites (tertiary alicyclic amines) is 1. The number of pyridine rings is 1. The standard InChI is InChI=1S/C17H22FN3O5S/c1-25-5-4-21-11-17-10-20(9-14(26-17)7-15(17)27(21,23)24)16(22)6-13-3-2-12(18)8-19-13/h2-3,8,14-15H,4-7,9-11H2,1H3/t14-,15+,17?/m1/s1. The highest BCUT2D eigenvalue weighted by molar-refractivity contribution is 7.90. The number of aromatic nitrogens is 1. The Morgan fingerprint density at radius 2 is 2.26 bits per heavy atom. The van der Waals surface area contributed by atoms with Crippen LogP contribution in [0.4, 0.5) is 4.39 Å². The largest absolute Gasteiger partial charge is 0.383 e. The lowest BCUT2D eigenvalue weighted by atomic mass is 9.99. The van der Waals surface area contributed by atoms with Crippen LogP contribution < -0.4 is 0 Å². The van der Waals surface area contributed by atoms with E-state index >= 15 is 0 Å². The molecule has 1 aromatic heterocycles. The van der Waals surface area contributed by atoms with Crippen molar-refractivity contribution in [1.82, 2.24) is 14.2 Å². The lowest BCUT2D eigenvalue weighted by molar-refractivity contribution is -0.150. The quantitative estimate of drug-likeness (QED) is 0.681. The van der Waals surface area contributed by atoms with Crippen molar-refractivity contribution in [3.8, 4) is 0 Å². The van der Waals surface area contributed by atoms with E-state index in [0.29, 0.717) is 25.3 Å². The molecular weight excluding hydrogens is 377 g/mol. The zero-order valence-corrected chi connectivity index (χ0v) is 15.8. The Hall–Kier alpha value is -1.62. The first-order chi connectivity index (χ1) is 12.8.